The van der Waals surface area contributed by atoms with E-state index < -0.39 is 23.2 Å². The molecule has 31 heavy (non-hydrogen) atoms. The van der Waals surface area contributed by atoms with Gasteiger partial charge in [0.2, 0.25) is 0 Å². The monoisotopic (exact) mass is 433 g/mol. The Balaban J connectivity index is 2.18. The quantitative estimate of drug-likeness (QED) is 0.644. The van der Waals surface area contributed by atoms with Crippen molar-refractivity contribution in [2.24, 2.45) is 0 Å². The second-order valence-corrected chi connectivity index (χ2v) is 12.5. The lowest BCUT2D eigenvalue weighted by atomic mass is 9.79. The third kappa shape index (κ3) is 6.30. The van der Waals surface area contributed by atoms with Crippen molar-refractivity contribution in [2.45, 2.75) is 123 Å². The van der Waals surface area contributed by atoms with Crippen molar-refractivity contribution in [2.75, 3.05) is 0 Å². The van der Waals surface area contributed by atoms with Crippen LogP contribution >= 0.6 is 0 Å². The van der Waals surface area contributed by atoms with Gasteiger partial charge in [-0.1, -0.05) is 59.7 Å². The van der Waals surface area contributed by atoms with Crippen LogP contribution in [0.3, 0.4) is 0 Å². The second-order valence-electron chi connectivity index (χ2n) is 12.5. The van der Waals surface area contributed by atoms with Crippen molar-refractivity contribution in [3.8, 4) is 0 Å². The van der Waals surface area contributed by atoms with Crippen LogP contribution in [0.25, 0.3) is 0 Å². The summed E-state index contributed by atoms with van der Waals surface area (Å²) in [5.74, 6) is -0.596. The number of hydrogen-bond acceptors (Lipinski definition) is 5. The molecule has 2 N–H and O–H groups in total. The normalized spacial score (nSPS) is 21.0. The van der Waals surface area contributed by atoms with Crippen LogP contribution < -0.4 is 0 Å². The van der Waals surface area contributed by atoms with E-state index in [1.807, 2.05) is 27.7 Å². The molecule has 1 aromatic rings. The Bertz CT molecular complexity index is 748. The van der Waals surface area contributed by atoms with E-state index in [4.69, 9.17) is 4.74 Å². The molecule has 0 aromatic heterocycles. The Kier molecular flexibility index (Phi) is 7.07. The Labute approximate surface area is 188 Å². The Hall–Kier alpha value is -1.43. The molecule has 0 bridgehead atoms. The number of aliphatic hydroxyl groups is 1. The molecule has 1 unspecified atom stereocenters. The summed E-state index contributed by atoms with van der Waals surface area (Å²) in [5, 5.41) is 22.5. The van der Waals surface area contributed by atoms with Gasteiger partial charge in [-0.3, -0.25) is 0 Å². The lowest BCUT2D eigenvalue weighted by molar-refractivity contribution is -0.260. The van der Waals surface area contributed by atoms with Crippen molar-refractivity contribution in [3.63, 3.8) is 0 Å². The average Bonchev–Trinajstić information content (AvgIpc) is 2.57. The minimum atomic E-state index is -1.22. The molecule has 0 aliphatic carbocycles. The maximum absolute atomic E-state index is 12.7. The summed E-state index contributed by atoms with van der Waals surface area (Å²) in [4.78, 5) is 12.7. The molecule has 1 heterocycles. The predicted molar refractivity (Wildman–Crippen MR) is 124 cm³/mol. The van der Waals surface area contributed by atoms with Gasteiger partial charge in [0.15, 0.2) is 6.10 Å². The standard InChI is InChI=1S/C26H43NO4/c1-23(2,3)18-11-17(12-19(14-18)24(4,5)6)13-21(28)22(29)31-20-15-25(7,8)27(30)26(9,10)16-20/h11-12,14,20-21,28,30H,13,15-16H2,1-10H3. The molecule has 1 aromatic carbocycles. The fourth-order valence-corrected chi connectivity index (χ4v) is 4.49. The van der Waals surface area contributed by atoms with Crippen LogP contribution in [0.1, 0.15) is 98.8 Å². The molecular formula is C26H43NO4. The molecule has 1 fully saturated rings. The fraction of sp³-hybridized carbons (Fsp3) is 0.731. The van der Waals surface area contributed by atoms with Gasteiger partial charge < -0.3 is 15.1 Å². The third-order valence-corrected chi connectivity index (χ3v) is 6.31. The highest BCUT2D eigenvalue weighted by atomic mass is 16.6. The smallest absolute Gasteiger partial charge is 0.335 e. The van der Waals surface area contributed by atoms with E-state index in [0.717, 1.165) is 5.56 Å². The van der Waals surface area contributed by atoms with E-state index in [9.17, 15) is 15.1 Å². The maximum atomic E-state index is 12.7. The molecule has 0 radical (unpaired) electrons. The molecule has 176 valence electrons. The van der Waals surface area contributed by atoms with Gasteiger partial charge in [-0.15, -0.1) is 0 Å². The number of esters is 1. The number of ether oxygens (including phenoxy) is 1. The molecule has 1 aliphatic heterocycles. The largest absolute Gasteiger partial charge is 0.460 e. The number of carbonyl (C=O) groups is 1. The summed E-state index contributed by atoms with van der Waals surface area (Å²) in [6.07, 6.45) is -0.321. The molecular weight excluding hydrogens is 390 g/mol. The molecule has 0 amide bonds. The highest BCUT2D eigenvalue weighted by molar-refractivity contribution is 5.75. The maximum Gasteiger partial charge on any atom is 0.335 e. The molecule has 2 rings (SSSR count). The number of hydroxylamine groups is 2. The number of nitrogens with zero attached hydrogens (tertiary/aromatic N) is 1. The van der Waals surface area contributed by atoms with Gasteiger partial charge in [-0.25, -0.2) is 4.79 Å². The number of rotatable bonds is 4. The number of hydrogen-bond donors (Lipinski definition) is 2. The molecule has 0 saturated carbocycles. The molecule has 1 atom stereocenters. The van der Waals surface area contributed by atoms with Crippen LogP contribution in [0.5, 0.6) is 0 Å². The zero-order chi connectivity index (χ0) is 24.0. The summed E-state index contributed by atoms with van der Waals surface area (Å²) in [7, 11) is 0. The number of benzene rings is 1. The Morgan fingerprint density at radius 3 is 1.81 bits per heavy atom. The Morgan fingerprint density at radius 1 is 1.00 bits per heavy atom. The molecule has 1 saturated heterocycles. The van der Waals surface area contributed by atoms with Gasteiger partial charge in [0.1, 0.15) is 6.10 Å². The van der Waals surface area contributed by atoms with E-state index in [2.05, 4.69) is 59.7 Å². The van der Waals surface area contributed by atoms with Crippen LogP contribution in [-0.2, 0) is 26.8 Å². The van der Waals surface area contributed by atoms with Crippen LogP contribution in [0.2, 0.25) is 0 Å². The summed E-state index contributed by atoms with van der Waals surface area (Å²) >= 11 is 0. The van der Waals surface area contributed by atoms with Crippen molar-refractivity contribution >= 4 is 5.97 Å². The van der Waals surface area contributed by atoms with Crippen molar-refractivity contribution in [3.05, 3.63) is 34.9 Å². The van der Waals surface area contributed by atoms with E-state index in [-0.39, 0.29) is 23.4 Å². The SMILES string of the molecule is CC(C)(C)c1cc(CC(O)C(=O)OC2CC(C)(C)N(O)C(C)(C)C2)cc(C(C)(C)C)c1. The van der Waals surface area contributed by atoms with Crippen molar-refractivity contribution < 1.29 is 19.8 Å². The molecule has 1 aliphatic rings. The van der Waals surface area contributed by atoms with Crippen molar-refractivity contribution in [1.82, 2.24) is 5.06 Å². The lowest BCUT2D eigenvalue weighted by Crippen LogP contribution is -2.60. The molecule has 0 spiro atoms. The molecule has 5 heteroatoms. The minimum Gasteiger partial charge on any atom is -0.460 e. The predicted octanol–water partition coefficient (Wildman–Crippen LogP) is 5.14. The van der Waals surface area contributed by atoms with Crippen LogP contribution in [0, 0.1) is 0 Å². The topological polar surface area (TPSA) is 70.0 Å². The first-order chi connectivity index (χ1) is 13.8. The minimum absolute atomic E-state index is 0.0309. The van der Waals surface area contributed by atoms with Crippen LogP contribution in [0.4, 0.5) is 0 Å². The van der Waals surface area contributed by atoms with E-state index in [1.54, 1.807) is 0 Å². The fourth-order valence-electron chi connectivity index (χ4n) is 4.49. The van der Waals surface area contributed by atoms with Gasteiger partial charge in [-0.05, 0) is 55.2 Å². The van der Waals surface area contributed by atoms with Gasteiger partial charge in [-0.2, -0.15) is 5.06 Å². The van der Waals surface area contributed by atoms with Gasteiger partial charge in [0, 0.05) is 30.3 Å². The van der Waals surface area contributed by atoms with Crippen molar-refractivity contribution in [1.29, 1.82) is 0 Å². The van der Waals surface area contributed by atoms with E-state index in [0.29, 0.717) is 12.8 Å². The molecule has 5 nitrogen and oxygen atoms in total. The Morgan fingerprint density at radius 2 is 1.42 bits per heavy atom. The third-order valence-electron chi connectivity index (χ3n) is 6.31. The van der Waals surface area contributed by atoms with Gasteiger partial charge in [0.25, 0.3) is 0 Å². The first kappa shape index (κ1) is 25.8. The van der Waals surface area contributed by atoms with Gasteiger partial charge >= 0.3 is 5.97 Å². The highest BCUT2D eigenvalue weighted by Gasteiger charge is 2.46. The number of aliphatic hydroxyl groups excluding tert-OH is 1. The van der Waals surface area contributed by atoms with E-state index >= 15 is 0 Å². The summed E-state index contributed by atoms with van der Waals surface area (Å²) < 4.78 is 5.71. The number of piperidine rings is 1. The summed E-state index contributed by atoms with van der Waals surface area (Å²) in [6.45, 7) is 20.7. The zero-order valence-electron chi connectivity index (χ0n) is 21.2. The average molecular weight is 434 g/mol. The van der Waals surface area contributed by atoms with Gasteiger partial charge in [0.05, 0.1) is 0 Å². The summed E-state index contributed by atoms with van der Waals surface area (Å²) in [6, 6.07) is 6.39. The number of carbonyl (C=O) groups excluding carboxylic acids is 1. The lowest BCUT2D eigenvalue weighted by Gasteiger charge is -2.50. The first-order valence-electron chi connectivity index (χ1n) is 11.4. The first-order valence-corrected chi connectivity index (χ1v) is 11.4. The van der Waals surface area contributed by atoms with E-state index in [1.165, 1.54) is 16.2 Å². The van der Waals surface area contributed by atoms with Crippen LogP contribution in [0.15, 0.2) is 18.2 Å². The summed E-state index contributed by atoms with van der Waals surface area (Å²) in [5.41, 5.74) is 2.23. The van der Waals surface area contributed by atoms with Crippen LogP contribution in [-0.4, -0.2) is 44.6 Å². The second kappa shape index (κ2) is 8.49. The zero-order valence-corrected chi connectivity index (χ0v) is 21.2. The highest BCUT2D eigenvalue weighted by Crippen LogP contribution is 2.38.